The van der Waals surface area contributed by atoms with Crippen LogP contribution in [0.25, 0.3) is 0 Å². The van der Waals surface area contributed by atoms with E-state index in [0.717, 1.165) is 10.2 Å². The number of nitrogens with zero attached hydrogens (tertiary/aromatic N) is 1. The number of rotatable bonds is 3. The number of benzene rings is 2. The molecule has 0 aliphatic rings. The second kappa shape index (κ2) is 5.96. The largest absolute Gasteiger partial charge is 0.506 e. The maximum absolute atomic E-state index is 12.2. The Morgan fingerprint density at radius 2 is 1.95 bits per heavy atom. The summed E-state index contributed by atoms with van der Waals surface area (Å²) in [4.78, 5) is 14.1. The number of phenols is 1. The van der Waals surface area contributed by atoms with Gasteiger partial charge in [-0.25, -0.2) is 0 Å². The highest BCUT2D eigenvalue weighted by Gasteiger charge is 2.10. The van der Waals surface area contributed by atoms with Gasteiger partial charge in [-0.05, 0) is 36.4 Å². The molecular weight excluding hydrogens is 320 g/mol. The third-order valence-corrected chi connectivity index (χ3v) is 3.33. The molecule has 0 spiro atoms. The Kier molecular flexibility index (Phi) is 4.29. The maximum atomic E-state index is 12.2. The fraction of sp³-hybridized carbons (Fsp3) is 0.133. The molecule has 0 aromatic heterocycles. The van der Waals surface area contributed by atoms with Crippen LogP contribution in [0.3, 0.4) is 0 Å². The lowest BCUT2D eigenvalue weighted by Crippen LogP contribution is -2.14. The zero-order valence-electron chi connectivity index (χ0n) is 11.2. The molecule has 5 heteroatoms. The second-order valence-electron chi connectivity index (χ2n) is 4.56. The Bertz CT molecular complexity index is 642. The minimum atomic E-state index is -0.258. The monoisotopic (exact) mass is 334 g/mol. The number of anilines is 2. The molecule has 0 radical (unpaired) electrons. The first-order chi connectivity index (χ1) is 9.47. The number of carbonyl (C=O) groups is 1. The number of aromatic hydroxyl groups is 1. The smallest absolute Gasteiger partial charge is 0.255 e. The fourth-order valence-electron chi connectivity index (χ4n) is 1.73. The Morgan fingerprint density at radius 3 is 2.60 bits per heavy atom. The van der Waals surface area contributed by atoms with E-state index in [-0.39, 0.29) is 11.7 Å². The molecule has 104 valence electrons. The van der Waals surface area contributed by atoms with Crippen LogP contribution in [0.1, 0.15) is 10.4 Å². The second-order valence-corrected chi connectivity index (χ2v) is 5.48. The quantitative estimate of drug-likeness (QED) is 0.845. The Hall–Kier alpha value is -2.01. The predicted molar refractivity (Wildman–Crippen MR) is 84.5 cm³/mol. The highest BCUT2D eigenvalue weighted by molar-refractivity contribution is 9.10. The van der Waals surface area contributed by atoms with Crippen LogP contribution in [0.5, 0.6) is 5.75 Å². The van der Waals surface area contributed by atoms with Crippen molar-refractivity contribution in [1.82, 2.24) is 0 Å². The zero-order valence-corrected chi connectivity index (χ0v) is 12.8. The lowest BCUT2D eigenvalue weighted by Gasteiger charge is -2.13. The van der Waals surface area contributed by atoms with Crippen LogP contribution in [0.4, 0.5) is 11.4 Å². The molecule has 2 aromatic rings. The molecule has 0 fully saturated rings. The van der Waals surface area contributed by atoms with Crippen molar-refractivity contribution in [3.63, 3.8) is 0 Å². The van der Waals surface area contributed by atoms with E-state index in [4.69, 9.17) is 0 Å². The van der Waals surface area contributed by atoms with Crippen LogP contribution < -0.4 is 10.2 Å². The highest BCUT2D eigenvalue weighted by atomic mass is 79.9. The summed E-state index contributed by atoms with van der Waals surface area (Å²) >= 11 is 3.25. The van der Waals surface area contributed by atoms with Crippen molar-refractivity contribution < 1.29 is 9.90 Å². The normalized spacial score (nSPS) is 10.2. The van der Waals surface area contributed by atoms with Crippen molar-refractivity contribution in [3.8, 4) is 5.75 Å². The van der Waals surface area contributed by atoms with Gasteiger partial charge in [0.25, 0.3) is 5.91 Å². The number of phenolic OH excluding ortho intramolecular Hbond substituents is 1. The van der Waals surface area contributed by atoms with Gasteiger partial charge >= 0.3 is 0 Å². The van der Waals surface area contributed by atoms with Gasteiger partial charge in [-0.1, -0.05) is 22.0 Å². The van der Waals surface area contributed by atoms with Crippen molar-refractivity contribution in [2.75, 3.05) is 24.3 Å². The lowest BCUT2D eigenvalue weighted by molar-refractivity contribution is 0.102. The SMILES string of the molecule is CN(C)c1cccc(C(=O)Nc2ccc(Br)cc2O)c1. The first-order valence-electron chi connectivity index (χ1n) is 6.04. The molecule has 0 atom stereocenters. The van der Waals surface area contributed by atoms with E-state index in [1.807, 2.05) is 31.1 Å². The van der Waals surface area contributed by atoms with E-state index in [2.05, 4.69) is 21.2 Å². The van der Waals surface area contributed by atoms with Gasteiger partial charge in [0.1, 0.15) is 5.75 Å². The molecule has 0 aliphatic carbocycles. The van der Waals surface area contributed by atoms with Gasteiger partial charge in [-0.3, -0.25) is 4.79 Å². The fourth-order valence-corrected chi connectivity index (χ4v) is 2.08. The van der Waals surface area contributed by atoms with Gasteiger partial charge in [0.05, 0.1) is 5.69 Å². The molecule has 20 heavy (non-hydrogen) atoms. The summed E-state index contributed by atoms with van der Waals surface area (Å²) < 4.78 is 0.752. The van der Waals surface area contributed by atoms with Crippen LogP contribution in [0.15, 0.2) is 46.9 Å². The van der Waals surface area contributed by atoms with E-state index in [0.29, 0.717) is 11.3 Å². The van der Waals surface area contributed by atoms with Gasteiger partial charge in [0, 0.05) is 29.8 Å². The van der Waals surface area contributed by atoms with Crippen LogP contribution in [0, 0.1) is 0 Å². The first kappa shape index (κ1) is 14.4. The summed E-state index contributed by atoms with van der Waals surface area (Å²) in [7, 11) is 3.83. The third kappa shape index (κ3) is 3.30. The van der Waals surface area contributed by atoms with E-state index < -0.39 is 0 Å². The van der Waals surface area contributed by atoms with Crippen molar-refractivity contribution in [3.05, 3.63) is 52.5 Å². The van der Waals surface area contributed by atoms with E-state index in [1.54, 1.807) is 24.3 Å². The Balaban J connectivity index is 2.21. The molecule has 1 amide bonds. The zero-order chi connectivity index (χ0) is 14.7. The third-order valence-electron chi connectivity index (χ3n) is 2.83. The van der Waals surface area contributed by atoms with Gasteiger partial charge in [-0.2, -0.15) is 0 Å². The number of carbonyl (C=O) groups excluding carboxylic acids is 1. The average Bonchev–Trinajstić information content (AvgIpc) is 2.42. The number of hydrogen-bond acceptors (Lipinski definition) is 3. The molecule has 4 nitrogen and oxygen atoms in total. The summed E-state index contributed by atoms with van der Waals surface area (Å²) in [6.45, 7) is 0. The van der Waals surface area contributed by atoms with E-state index >= 15 is 0 Å². The summed E-state index contributed by atoms with van der Waals surface area (Å²) in [5.74, 6) is -0.234. The van der Waals surface area contributed by atoms with Crippen molar-refractivity contribution >= 4 is 33.2 Å². The lowest BCUT2D eigenvalue weighted by atomic mass is 10.1. The predicted octanol–water partition coefficient (Wildman–Crippen LogP) is 3.47. The first-order valence-corrected chi connectivity index (χ1v) is 6.84. The minimum Gasteiger partial charge on any atom is -0.506 e. The Morgan fingerprint density at radius 1 is 1.20 bits per heavy atom. The summed E-state index contributed by atoms with van der Waals surface area (Å²) in [5, 5.41) is 12.5. The molecular formula is C15H15BrN2O2. The van der Waals surface area contributed by atoms with E-state index in [1.165, 1.54) is 6.07 Å². The van der Waals surface area contributed by atoms with E-state index in [9.17, 15) is 9.90 Å². The van der Waals surface area contributed by atoms with Crippen LogP contribution in [0.2, 0.25) is 0 Å². The standard InChI is InChI=1S/C15H15BrN2O2/c1-18(2)12-5-3-4-10(8-12)15(20)17-13-7-6-11(16)9-14(13)19/h3-9,19H,1-2H3,(H,17,20). The number of nitrogens with one attached hydrogen (secondary N) is 1. The summed E-state index contributed by atoms with van der Waals surface area (Å²) in [6, 6.07) is 12.2. The van der Waals surface area contributed by atoms with Crippen LogP contribution in [-0.2, 0) is 0 Å². The number of hydrogen-bond donors (Lipinski definition) is 2. The van der Waals surface area contributed by atoms with Crippen LogP contribution >= 0.6 is 15.9 Å². The topological polar surface area (TPSA) is 52.6 Å². The number of halogens is 1. The van der Waals surface area contributed by atoms with Gasteiger partial charge in [-0.15, -0.1) is 0 Å². The number of amides is 1. The summed E-state index contributed by atoms with van der Waals surface area (Å²) in [5.41, 5.74) is 1.87. The molecule has 0 saturated heterocycles. The molecule has 2 rings (SSSR count). The molecule has 0 heterocycles. The van der Waals surface area contributed by atoms with Crippen molar-refractivity contribution in [2.45, 2.75) is 0 Å². The van der Waals surface area contributed by atoms with Gasteiger partial charge in [0.15, 0.2) is 0 Å². The molecule has 0 saturated carbocycles. The molecule has 0 bridgehead atoms. The molecule has 0 unspecified atom stereocenters. The highest BCUT2D eigenvalue weighted by Crippen LogP contribution is 2.27. The molecule has 0 aliphatic heterocycles. The molecule has 2 aromatic carbocycles. The minimum absolute atomic E-state index is 0.0245. The maximum Gasteiger partial charge on any atom is 0.255 e. The van der Waals surface area contributed by atoms with Crippen molar-refractivity contribution in [1.29, 1.82) is 0 Å². The Labute approximate surface area is 126 Å². The summed E-state index contributed by atoms with van der Waals surface area (Å²) in [6.07, 6.45) is 0. The van der Waals surface area contributed by atoms with Crippen LogP contribution in [-0.4, -0.2) is 25.1 Å². The van der Waals surface area contributed by atoms with Gasteiger partial charge in [0.2, 0.25) is 0 Å². The van der Waals surface area contributed by atoms with Crippen molar-refractivity contribution in [2.24, 2.45) is 0 Å². The average molecular weight is 335 g/mol. The van der Waals surface area contributed by atoms with Gasteiger partial charge < -0.3 is 15.3 Å². The molecule has 2 N–H and O–H groups in total.